The van der Waals surface area contributed by atoms with Crippen molar-refractivity contribution in [3.63, 3.8) is 0 Å². The number of carbonyl (C=O) groups is 1. The molecule has 0 rings (SSSR count). The number of rotatable bonds is 8. The van der Waals surface area contributed by atoms with Gasteiger partial charge in [0.25, 0.3) is 0 Å². The summed E-state index contributed by atoms with van der Waals surface area (Å²) in [4.78, 5) is 9.91. The van der Waals surface area contributed by atoms with E-state index in [0.29, 0.717) is 18.7 Å². The van der Waals surface area contributed by atoms with Crippen molar-refractivity contribution >= 4 is 50.0 Å². The van der Waals surface area contributed by atoms with Crippen LogP contribution in [0.2, 0.25) is 0 Å². The number of halogens is 2. The zero-order valence-corrected chi connectivity index (χ0v) is 11.7. The van der Waals surface area contributed by atoms with Crippen LogP contribution in [0.25, 0.3) is 0 Å². The maximum Gasteiger partial charge on any atom is 0.221 e. The van der Waals surface area contributed by atoms with Crippen LogP contribution in [0.5, 0.6) is 0 Å². The lowest BCUT2D eigenvalue weighted by Gasteiger charge is -1.93. The molecular formula is C8H18Cl2N2OS2. The smallest absolute Gasteiger partial charge is 0.221 e. The number of carbonyl (C=O) groups excluding carboxylic acids is 1. The standard InChI is InChI=1S/C4H6Cl2O.C4H12N2S2/c5-3-1-2-4(6)7;5-1-3-7-8-4-2-6/h1-3H2;1-6H2. The Labute approximate surface area is 109 Å². The Bertz CT molecular complexity index is 136. The molecule has 0 bridgehead atoms. The van der Waals surface area contributed by atoms with Gasteiger partial charge in [0.2, 0.25) is 5.24 Å². The highest BCUT2D eigenvalue weighted by Crippen LogP contribution is 2.18. The first-order valence-corrected chi connectivity index (χ1v) is 7.97. The molecule has 0 fully saturated rings. The molecule has 0 aromatic heterocycles. The van der Waals surface area contributed by atoms with Crippen LogP contribution >= 0.6 is 44.8 Å². The van der Waals surface area contributed by atoms with E-state index in [-0.39, 0.29) is 5.24 Å². The highest BCUT2D eigenvalue weighted by atomic mass is 35.5. The SMILES string of the molecule is NCCSSCCN.O=C(Cl)CCCCl. The molecule has 3 nitrogen and oxygen atoms in total. The minimum atomic E-state index is -0.305. The highest BCUT2D eigenvalue weighted by molar-refractivity contribution is 8.76. The summed E-state index contributed by atoms with van der Waals surface area (Å²) in [6, 6.07) is 0. The number of nitrogens with two attached hydrogens (primary N) is 2. The molecular weight excluding hydrogens is 275 g/mol. The molecule has 0 saturated heterocycles. The van der Waals surface area contributed by atoms with E-state index in [1.165, 1.54) is 0 Å². The fraction of sp³-hybridized carbons (Fsp3) is 0.875. The largest absolute Gasteiger partial charge is 0.330 e. The third-order valence-corrected chi connectivity index (χ3v) is 3.92. The van der Waals surface area contributed by atoms with Crippen LogP contribution < -0.4 is 11.5 Å². The second-order valence-electron chi connectivity index (χ2n) is 2.37. The first-order valence-electron chi connectivity index (χ1n) is 4.57. The van der Waals surface area contributed by atoms with Crippen LogP contribution in [0.15, 0.2) is 0 Å². The summed E-state index contributed by atoms with van der Waals surface area (Å²) in [5.74, 6) is 2.58. The van der Waals surface area contributed by atoms with E-state index in [0.717, 1.165) is 24.6 Å². The van der Waals surface area contributed by atoms with Gasteiger partial charge in [0.05, 0.1) is 0 Å². The predicted octanol–water partition coefficient (Wildman–Crippen LogP) is 2.06. The van der Waals surface area contributed by atoms with Gasteiger partial charge >= 0.3 is 0 Å². The lowest BCUT2D eigenvalue weighted by molar-refractivity contribution is -0.111. The molecule has 0 radical (unpaired) electrons. The first-order chi connectivity index (χ1) is 7.18. The van der Waals surface area contributed by atoms with Gasteiger partial charge in [-0.3, -0.25) is 4.79 Å². The molecule has 7 heteroatoms. The van der Waals surface area contributed by atoms with Crippen LogP contribution in [-0.4, -0.2) is 35.7 Å². The van der Waals surface area contributed by atoms with Crippen LogP contribution in [0, 0.1) is 0 Å². The number of alkyl halides is 1. The maximum atomic E-state index is 9.91. The minimum absolute atomic E-state index is 0.305. The van der Waals surface area contributed by atoms with E-state index in [1.54, 1.807) is 21.6 Å². The van der Waals surface area contributed by atoms with Gasteiger partial charge in [0.1, 0.15) is 0 Å². The Morgan fingerprint density at radius 1 is 1.13 bits per heavy atom. The topological polar surface area (TPSA) is 69.1 Å². The van der Waals surface area contributed by atoms with E-state index in [9.17, 15) is 4.79 Å². The van der Waals surface area contributed by atoms with Gasteiger partial charge in [0, 0.05) is 36.9 Å². The zero-order valence-electron chi connectivity index (χ0n) is 8.59. The van der Waals surface area contributed by atoms with Gasteiger partial charge in [0.15, 0.2) is 0 Å². The molecule has 0 saturated carbocycles. The van der Waals surface area contributed by atoms with E-state index >= 15 is 0 Å². The van der Waals surface area contributed by atoms with Crippen molar-refractivity contribution in [2.75, 3.05) is 30.5 Å². The number of hydrogen-bond donors (Lipinski definition) is 2. The Hall–Kier alpha value is 0.870. The Balaban J connectivity index is 0. The third-order valence-electron chi connectivity index (χ3n) is 0.993. The second kappa shape index (κ2) is 17.3. The average Bonchev–Trinajstić information content (AvgIpc) is 2.22. The van der Waals surface area contributed by atoms with Crippen molar-refractivity contribution in [1.29, 1.82) is 0 Å². The van der Waals surface area contributed by atoms with Crippen molar-refractivity contribution in [2.24, 2.45) is 11.5 Å². The summed E-state index contributed by atoms with van der Waals surface area (Å²) in [5.41, 5.74) is 10.5. The summed E-state index contributed by atoms with van der Waals surface area (Å²) in [6.07, 6.45) is 1.08. The molecule has 0 aliphatic carbocycles. The van der Waals surface area contributed by atoms with E-state index < -0.39 is 0 Å². The first kappa shape index (κ1) is 18.2. The molecule has 0 amide bonds. The summed E-state index contributed by atoms with van der Waals surface area (Å²) >= 11 is 10.2. The molecule has 0 aliphatic heterocycles. The van der Waals surface area contributed by atoms with E-state index in [4.69, 9.17) is 34.7 Å². The van der Waals surface area contributed by atoms with Gasteiger partial charge < -0.3 is 11.5 Å². The van der Waals surface area contributed by atoms with E-state index in [1.807, 2.05) is 0 Å². The molecule has 15 heavy (non-hydrogen) atoms. The molecule has 92 valence electrons. The van der Waals surface area contributed by atoms with Gasteiger partial charge in [-0.05, 0) is 18.0 Å². The average molecular weight is 293 g/mol. The molecule has 0 aliphatic rings. The highest BCUT2D eigenvalue weighted by Gasteiger charge is 1.91. The van der Waals surface area contributed by atoms with Gasteiger partial charge in [-0.15, -0.1) is 11.6 Å². The van der Waals surface area contributed by atoms with Crippen molar-refractivity contribution < 1.29 is 4.79 Å². The van der Waals surface area contributed by atoms with Crippen LogP contribution in [0.4, 0.5) is 0 Å². The minimum Gasteiger partial charge on any atom is -0.330 e. The maximum absolute atomic E-state index is 9.91. The lowest BCUT2D eigenvalue weighted by Crippen LogP contribution is -2.02. The monoisotopic (exact) mass is 292 g/mol. The van der Waals surface area contributed by atoms with Crippen LogP contribution in [-0.2, 0) is 4.79 Å². The Kier molecular flexibility index (Phi) is 21.0. The lowest BCUT2D eigenvalue weighted by atomic mass is 10.4. The Morgan fingerprint density at radius 3 is 1.80 bits per heavy atom. The molecule has 4 N–H and O–H groups in total. The van der Waals surface area contributed by atoms with Crippen LogP contribution in [0.1, 0.15) is 12.8 Å². The predicted molar refractivity (Wildman–Crippen MR) is 73.8 cm³/mol. The second-order valence-corrected chi connectivity index (χ2v) is 5.87. The van der Waals surface area contributed by atoms with Crippen LogP contribution in [0.3, 0.4) is 0 Å². The molecule has 0 atom stereocenters. The van der Waals surface area contributed by atoms with Crippen molar-refractivity contribution in [3.8, 4) is 0 Å². The molecule has 0 unspecified atom stereocenters. The van der Waals surface area contributed by atoms with E-state index in [2.05, 4.69) is 0 Å². The van der Waals surface area contributed by atoms with Crippen molar-refractivity contribution in [1.82, 2.24) is 0 Å². The quantitative estimate of drug-likeness (QED) is 0.310. The molecule has 0 aromatic rings. The zero-order chi connectivity index (χ0) is 11.9. The fourth-order valence-corrected chi connectivity index (χ4v) is 2.40. The Morgan fingerprint density at radius 2 is 1.60 bits per heavy atom. The van der Waals surface area contributed by atoms with Gasteiger partial charge in [-0.2, -0.15) is 0 Å². The summed E-state index contributed by atoms with van der Waals surface area (Å²) < 4.78 is 0. The summed E-state index contributed by atoms with van der Waals surface area (Å²) in [6.45, 7) is 1.53. The van der Waals surface area contributed by atoms with Crippen molar-refractivity contribution in [3.05, 3.63) is 0 Å². The normalized spacial score (nSPS) is 9.33. The molecule has 0 heterocycles. The van der Waals surface area contributed by atoms with Crippen molar-refractivity contribution in [2.45, 2.75) is 12.8 Å². The fourth-order valence-electron chi connectivity index (χ4n) is 0.420. The third kappa shape index (κ3) is 25.3. The molecule has 0 spiro atoms. The van der Waals surface area contributed by atoms with Gasteiger partial charge in [-0.1, -0.05) is 21.6 Å². The number of hydrogen-bond acceptors (Lipinski definition) is 5. The molecule has 0 aromatic carbocycles. The van der Waals surface area contributed by atoms with Gasteiger partial charge in [-0.25, -0.2) is 0 Å². The summed E-state index contributed by atoms with van der Waals surface area (Å²) in [5, 5.41) is -0.305. The summed E-state index contributed by atoms with van der Waals surface area (Å²) in [7, 11) is 3.58.